The Hall–Kier alpha value is -14.5. The molecule has 8 aliphatic rings. The highest BCUT2D eigenvalue weighted by atomic mass is 14.6. The van der Waals surface area contributed by atoms with Gasteiger partial charge in [-0.3, -0.25) is 0 Å². The van der Waals surface area contributed by atoms with E-state index in [9.17, 15) is 0 Å². The summed E-state index contributed by atoms with van der Waals surface area (Å²) in [6.45, 7) is 77.9. The van der Waals surface area contributed by atoms with E-state index < -0.39 is 0 Å². The summed E-state index contributed by atoms with van der Waals surface area (Å²) in [5, 5.41) is 0. The molecule has 0 unspecified atom stereocenters. The van der Waals surface area contributed by atoms with Crippen molar-refractivity contribution in [2.45, 2.75) is 209 Å². The predicted molar refractivity (Wildman–Crippen MR) is 600 cm³/mol. The maximum Gasteiger partial charge on any atom is 0.205 e. The molecule has 0 bridgehead atoms. The molecule has 16 aromatic rings. The Morgan fingerprint density at radius 2 is 0.321 bits per heavy atom. The van der Waals surface area contributed by atoms with Crippen LogP contribution >= 0.6 is 0 Å². The zero-order valence-corrected chi connectivity index (χ0v) is 88.1. The summed E-state index contributed by atoms with van der Waals surface area (Å²) in [5.41, 5.74) is 58.2. The number of aryl methyl sites for hydroxylation is 8. The molecular formula is C136H140N4. The maximum absolute atomic E-state index is 5.83. The molecule has 704 valence electrons. The minimum atomic E-state index is 0.150. The van der Waals surface area contributed by atoms with Gasteiger partial charge in [-0.1, -0.05) is 473 Å². The zero-order chi connectivity index (χ0) is 102. The van der Waals surface area contributed by atoms with Gasteiger partial charge in [0.05, 0.1) is 0 Å². The summed E-state index contributed by atoms with van der Waals surface area (Å²) in [5.74, 6) is 0. The van der Waals surface area contributed by atoms with Crippen LogP contribution in [0.15, 0.2) is 340 Å². The van der Waals surface area contributed by atoms with Crippen LogP contribution in [-0.2, 0) is 43.3 Å². The first-order valence-electron chi connectivity index (χ1n) is 49.2. The van der Waals surface area contributed by atoms with Crippen molar-refractivity contribution >= 4 is 0 Å². The third kappa shape index (κ3) is 19.3. The van der Waals surface area contributed by atoms with Crippen molar-refractivity contribution in [2.24, 2.45) is 0 Å². The highest BCUT2D eigenvalue weighted by Gasteiger charge is 2.43. The van der Waals surface area contributed by atoms with E-state index in [4.69, 9.17) is 26.3 Å². The average molecular weight is 1830 g/mol. The van der Waals surface area contributed by atoms with Crippen LogP contribution in [0, 0.1) is 81.7 Å². The highest BCUT2D eigenvalue weighted by Crippen LogP contribution is 2.57. The fourth-order valence-electron chi connectivity index (χ4n) is 23.4. The summed E-state index contributed by atoms with van der Waals surface area (Å²) in [6.07, 6.45) is 0. The second kappa shape index (κ2) is 41.6. The van der Waals surface area contributed by atoms with Gasteiger partial charge in [0.1, 0.15) is 0 Å². The van der Waals surface area contributed by atoms with Gasteiger partial charge in [0, 0.05) is 43.3 Å². The van der Waals surface area contributed by atoms with Gasteiger partial charge in [-0.15, -0.1) is 0 Å². The monoisotopic (exact) mass is 1830 g/mol. The van der Waals surface area contributed by atoms with Crippen LogP contribution in [0.3, 0.4) is 0 Å². The smallest absolute Gasteiger partial charge is 0.205 e. The second-order valence-electron chi connectivity index (χ2n) is 42.4. The van der Waals surface area contributed by atoms with E-state index in [1.54, 1.807) is 0 Å². The van der Waals surface area contributed by atoms with Crippen LogP contribution < -0.4 is 0 Å². The Balaban J connectivity index is 0.000000132. The van der Waals surface area contributed by atoms with Gasteiger partial charge in [0.15, 0.2) is 0 Å². The normalized spacial score (nSPS) is 14.6. The summed E-state index contributed by atoms with van der Waals surface area (Å²) < 4.78 is 0. The van der Waals surface area contributed by atoms with Crippen molar-refractivity contribution in [2.75, 3.05) is 28.2 Å². The van der Waals surface area contributed by atoms with Crippen LogP contribution in [0.4, 0.5) is 0 Å². The van der Waals surface area contributed by atoms with Gasteiger partial charge in [0.25, 0.3) is 0 Å². The molecule has 0 fully saturated rings. The van der Waals surface area contributed by atoms with Crippen LogP contribution in [0.2, 0.25) is 0 Å². The Morgan fingerprint density at radius 1 is 0.150 bits per heavy atom. The minimum absolute atomic E-state index is 0.150. The molecule has 140 heavy (non-hydrogen) atoms. The molecule has 0 heterocycles. The predicted octanol–water partition coefficient (Wildman–Crippen LogP) is 36.6. The highest BCUT2D eigenvalue weighted by molar-refractivity contribution is 5.89. The van der Waals surface area contributed by atoms with Crippen molar-refractivity contribution in [3.05, 3.63) is 519 Å². The molecule has 0 saturated heterocycles. The lowest BCUT2D eigenvalue weighted by Crippen LogP contribution is -2.16. The second-order valence-corrected chi connectivity index (χ2v) is 42.4. The van der Waals surface area contributed by atoms with Crippen LogP contribution in [0.1, 0.15) is 244 Å². The van der Waals surface area contributed by atoms with Gasteiger partial charge < -0.3 is 19.4 Å². The molecule has 4 nitrogen and oxygen atoms in total. The van der Waals surface area contributed by atoms with Crippen LogP contribution in [0.5, 0.6) is 0 Å². The molecule has 0 atom stereocenters. The first-order chi connectivity index (χ1) is 66.6. The van der Waals surface area contributed by atoms with Crippen molar-refractivity contribution in [1.29, 1.82) is 0 Å². The van der Waals surface area contributed by atoms with Crippen LogP contribution in [0.25, 0.3) is 108 Å². The van der Waals surface area contributed by atoms with Gasteiger partial charge >= 0.3 is 0 Å². The van der Waals surface area contributed by atoms with E-state index in [-0.39, 0.29) is 43.3 Å². The number of hydrogen-bond donors (Lipinski definition) is 0. The molecule has 0 aromatic heterocycles. The number of nitrogens with zero attached hydrogens (tertiary/aromatic N) is 4. The molecule has 0 aliphatic heterocycles. The third-order valence-corrected chi connectivity index (χ3v) is 30.2. The molecule has 0 radical (unpaired) electrons. The van der Waals surface area contributed by atoms with Crippen molar-refractivity contribution < 1.29 is 0 Å². The lowest BCUT2D eigenvalue weighted by Gasteiger charge is -2.23. The molecule has 8 aliphatic carbocycles. The minimum Gasteiger partial charge on any atom is -0.320 e. The molecule has 0 N–H and O–H groups in total. The van der Waals surface area contributed by atoms with E-state index in [0.29, 0.717) is 0 Å². The molecule has 0 amide bonds. The molecule has 4 heteroatoms. The van der Waals surface area contributed by atoms with Gasteiger partial charge in [-0.2, -0.15) is 0 Å². The Labute approximate surface area is 839 Å². The summed E-state index contributed by atoms with van der Waals surface area (Å²) >= 11 is 0. The molecule has 16 aromatic carbocycles. The standard InChI is InChI=1S/8C16H16.4C2H3N/c2*1-11-7-6-9-13-12-8-4-5-10-14(12)16(2,3)15(11)13;2*1-11-7-6-10-14-15(11)12-8-4-5-9-13(12)16(14,2)3;2*1-11-8-9-15-13(10-11)12-6-4-5-7-14(12)16(15,2)3;2*1-11-8-9-13-12-6-4-5-7-14(12)16(2,3)15(13)10-11;4*1-3-2/h8*4-10H,1-3H3;4*1H3. The van der Waals surface area contributed by atoms with Gasteiger partial charge in [-0.05, 0) is 256 Å². The number of fused-ring (bicyclic) bond motifs is 24. The van der Waals surface area contributed by atoms with E-state index in [1.165, 1.54) is 251 Å². The van der Waals surface area contributed by atoms with Gasteiger partial charge in [-0.25, -0.2) is 26.3 Å². The largest absolute Gasteiger partial charge is 0.320 e. The summed E-state index contributed by atoms with van der Waals surface area (Å²) in [6, 6.07) is 124. The Bertz CT molecular complexity index is 7000. The lowest BCUT2D eigenvalue weighted by molar-refractivity contribution is 0.655. The Morgan fingerprint density at radius 3 is 0.607 bits per heavy atom. The summed E-state index contributed by atoms with van der Waals surface area (Å²) in [4.78, 5) is 11.0. The number of rotatable bonds is 0. The number of hydrogen-bond acceptors (Lipinski definition) is 0. The molecular weight excluding hydrogens is 1690 g/mol. The molecule has 24 rings (SSSR count). The van der Waals surface area contributed by atoms with Crippen molar-refractivity contribution in [3.63, 3.8) is 0 Å². The van der Waals surface area contributed by atoms with Crippen molar-refractivity contribution in [1.82, 2.24) is 0 Å². The lowest BCUT2D eigenvalue weighted by atomic mass is 9.80. The van der Waals surface area contributed by atoms with Crippen LogP contribution in [-0.4, -0.2) is 28.2 Å². The Kier molecular flexibility index (Phi) is 30.6. The first kappa shape index (κ1) is 103. The zero-order valence-electron chi connectivity index (χ0n) is 88.1. The average Bonchev–Trinajstić information content (AvgIpc) is 1.53. The SMILES string of the molecule is Cc1ccc2c(c1)-c1ccccc1C2(C)C.Cc1ccc2c(c1)-c1ccccc1C2(C)C.Cc1ccc2c(c1)C(C)(C)c1ccccc1-2.Cc1ccc2c(c1)C(C)(C)c1ccccc1-2.Cc1cccc2c1-c1ccccc1C2(C)C.Cc1cccc2c1-c1ccccc1C2(C)C.Cc1cccc2c1C(C)(C)c1ccccc1-2.Cc1cccc2c1C(C)(C)c1ccccc1-2.[C-]#[N+]C.[C-]#[N+]C.[C-]#[N+]C.[C-]#[N+]C. The van der Waals surface area contributed by atoms with Crippen molar-refractivity contribution in [3.8, 4) is 89.0 Å². The fourth-order valence-corrected chi connectivity index (χ4v) is 23.4. The number of benzene rings is 16. The van der Waals surface area contributed by atoms with E-state index in [0.717, 1.165) is 0 Å². The third-order valence-electron chi connectivity index (χ3n) is 30.2. The molecule has 0 saturated carbocycles. The quantitative estimate of drug-likeness (QED) is 0.135. The maximum atomic E-state index is 5.83. The fraction of sp³-hybridized carbons (Fsp3) is 0.265. The van der Waals surface area contributed by atoms with E-state index >= 15 is 0 Å². The topological polar surface area (TPSA) is 17.4 Å². The van der Waals surface area contributed by atoms with Gasteiger partial charge in [0.2, 0.25) is 28.2 Å². The summed E-state index contributed by atoms with van der Waals surface area (Å²) in [7, 11) is 5.67. The molecule has 0 spiro atoms. The van der Waals surface area contributed by atoms with E-state index in [1.807, 2.05) is 0 Å². The van der Waals surface area contributed by atoms with E-state index in [2.05, 4.69) is 525 Å². The first-order valence-corrected chi connectivity index (χ1v) is 49.2.